The number of aromatic nitrogens is 4. The fourth-order valence-corrected chi connectivity index (χ4v) is 4.48. The summed E-state index contributed by atoms with van der Waals surface area (Å²) in [6.07, 6.45) is 4.86. The van der Waals surface area contributed by atoms with Gasteiger partial charge in [0.1, 0.15) is 12.1 Å². The van der Waals surface area contributed by atoms with Crippen molar-refractivity contribution in [3.63, 3.8) is 0 Å². The van der Waals surface area contributed by atoms with Gasteiger partial charge < -0.3 is 10.6 Å². The summed E-state index contributed by atoms with van der Waals surface area (Å²) in [5, 5.41) is 4.20. The summed E-state index contributed by atoms with van der Waals surface area (Å²) in [6.45, 7) is 2.46. The predicted octanol–water partition coefficient (Wildman–Crippen LogP) is 2.05. The van der Waals surface area contributed by atoms with Crippen LogP contribution in [0.5, 0.6) is 0 Å². The van der Waals surface area contributed by atoms with Crippen LogP contribution in [0.1, 0.15) is 23.5 Å². The Morgan fingerprint density at radius 3 is 2.63 bits per heavy atom. The number of rotatable bonds is 6. The molecule has 1 aromatic carbocycles. The van der Waals surface area contributed by atoms with E-state index in [2.05, 4.69) is 10.1 Å². The van der Waals surface area contributed by atoms with E-state index in [9.17, 15) is 14.0 Å². The molecule has 4 rings (SSSR count). The normalized spacial score (nSPS) is 16.3. The van der Waals surface area contributed by atoms with Gasteiger partial charge in [-0.1, -0.05) is 30.0 Å². The average molecular weight is 426 g/mol. The van der Waals surface area contributed by atoms with E-state index in [1.807, 2.05) is 17.0 Å². The first kappa shape index (κ1) is 19.9. The van der Waals surface area contributed by atoms with Crippen molar-refractivity contribution in [3.8, 4) is 0 Å². The number of carbonyl (C=O) groups excluding carboxylic acids is 1. The van der Waals surface area contributed by atoms with Crippen LogP contribution >= 0.6 is 11.8 Å². The summed E-state index contributed by atoms with van der Waals surface area (Å²) in [7, 11) is 0. The number of pyridine rings is 1. The van der Waals surface area contributed by atoms with E-state index in [0.717, 1.165) is 11.1 Å². The van der Waals surface area contributed by atoms with E-state index in [4.69, 9.17) is 5.73 Å². The topological polar surface area (TPSA) is 99.0 Å². The van der Waals surface area contributed by atoms with E-state index in [1.54, 1.807) is 31.5 Å². The van der Waals surface area contributed by atoms with Crippen LogP contribution in [-0.4, -0.2) is 30.1 Å². The van der Waals surface area contributed by atoms with Crippen molar-refractivity contribution in [1.29, 1.82) is 0 Å². The highest BCUT2D eigenvalue weighted by molar-refractivity contribution is 8.04. The molecule has 30 heavy (non-hydrogen) atoms. The van der Waals surface area contributed by atoms with Gasteiger partial charge in [-0.3, -0.25) is 14.3 Å². The molecule has 0 radical (unpaired) electrons. The Labute approximate surface area is 175 Å². The molecule has 1 amide bonds. The van der Waals surface area contributed by atoms with Crippen molar-refractivity contribution in [2.45, 2.75) is 25.5 Å². The number of amides is 1. The monoisotopic (exact) mass is 426 g/mol. The largest absolute Gasteiger partial charge is 0.365 e. The third-order valence-corrected chi connectivity index (χ3v) is 6.21. The van der Waals surface area contributed by atoms with Gasteiger partial charge in [-0.15, -0.1) is 0 Å². The van der Waals surface area contributed by atoms with E-state index < -0.39 is 11.4 Å². The molecule has 1 aliphatic rings. The molecule has 2 aromatic heterocycles. The highest BCUT2D eigenvalue weighted by Crippen LogP contribution is 2.44. The van der Waals surface area contributed by atoms with Crippen LogP contribution in [0.25, 0.3) is 0 Å². The molecule has 0 aliphatic carbocycles. The van der Waals surface area contributed by atoms with Crippen LogP contribution in [-0.2, 0) is 17.9 Å². The van der Waals surface area contributed by atoms with E-state index in [0.29, 0.717) is 17.1 Å². The fraction of sp³-hybridized carbons (Fsp3) is 0.200. The quantitative estimate of drug-likeness (QED) is 0.648. The lowest BCUT2D eigenvalue weighted by atomic mass is 10.2. The van der Waals surface area contributed by atoms with Gasteiger partial charge in [0.25, 0.3) is 5.91 Å². The molecule has 0 fully saturated rings. The van der Waals surface area contributed by atoms with Crippen LogP contribution in [0, 0.1) is 5.82 Å². The molecule has 3 heterocycles. The standard InChI is InChI=1S/C20H19FN6O2S/c1-13-17(18(22)28)30-20(25(13)10-15-3-2-8-23-9-15)26-12-24-27(19(26)29)11-14-4-6-16(21)7-5-14/h2-9,12,20H,10-11H2,1H3,(H2,22,28). The van der Waals surface area contributed by atoms with Gasteiger partial charge in [-0.2, -0.15) is 5.10 Å². The molecule has 0 spiro atoms. The zero-order valence-corrected chi connectivity index (χ0v) is 16.9. The number of hydrogen-bond acceptors (Lipinski definition) is 6. The van der Waals surface area contributed by atoms with Gasteiger partial charge in [0.15, 0.2) is 5.50 Å². The van der Waals surface area contributed by atoms with Crippen LogP contribution in [0.3, 0.4) is 0 Å². The number of nitrogens with two attached hydrogens (primary N) is 1. The summed E-state index contributed by atoms with van der Waals surface area (Å²) < 4.78 is 15.9. The Hall–Kier alpha value is -3.40. The van der Waals surface area contributed by atoms with Crippen molar-refractivity contribution in [3.05, 3.63) is 93.1 Å². The van der Waals surface area contributed by atoms with Crippen molar-refractivity contribution in [2.24, 2.45) is 5.73 Å². The highest BCUT2D eigenvalue weighted by atomic mass is 32.2. The molecule has 1 aliphatic heterocycles. The highest BCUT2D eigenvalue weighted by Gasteiger charge is 2.35. The summed E-state index contributed by atoms with van der Waals surface area (Å²) in [6, 6.07) is 9.64. The van der Waals surface area contributed by atoms with Gasteiger partial charge in [0.05, 0.1) is 11.4 Å². The molecule has 8 nitrogen and oxygen atoms in total. The Morgan fingerprint density at radius 2 is 1.97 bits per heavy atom. The third kappa shape index (κ3) is 3.86. The predicted molar refractivity (Wildman–Crippen MR) is 110 cm³/mol. The zero-order chi connectivity index (χ0) is 21.3. The molecule has 154 valence electrons. The van der Waals surface area contributed by atoms with Gasteiger partial charge >= 0.3 is 5.69 Å². The Kier molecular flexibility index (Phi) is 5.40. The van der Waals surface area contributed by atoms with Crippen molar-refractivity contribution >= 4 is 17.7 Å². The smallest absolute Gasteiger partial charge is 0.348 e. The van der Waals surface area contributed by atoms with Crippen LogP contribution in [0.2, 0.25) is 0 Å². The molecular formula is C20H19FN6O2S. The molecule has 0 saturated heterocycles. The second-order valence-electron chi connectivity index (χ2n) is 6.82. The number of thioether (sulfide) groups is 1. The number of primary amides is 1. The lowest BCUT2D eigenvalue weighted by Gasteiger charge is -2.27. The lowest BCUT2D eigenvalue weighted by molar-refractivity contribution is -0.114. The van der Waals surface area contributed by atoms with Crippen LogP contribution in [0.15, 0.2) is 70.5 Å². The van der Waals surface area contributed by atoms with E-state index in [1.165, 1.54) is 39.5 Å². The van der Waals surface area contributed by atoms with Crippen molar-refractivity contribution < 1.29 is 9.18 Å². The SMILES string of the molecule is CC1=C(C(N)=O)SC(n2cnn(Cc3ccc(F)cc3)c2=O)N1Cc1cccnc1. The maximum absolute atomic E-state index is 13.1. The number of allylic oxidation sites excluding steroid dienone is 1. The minimum atomic E-state index is -0.539. The fourth-order valence-electron chi connectivity index (χ4n) is 3.25. The van der Waals surface area contributed by atoms with Gasteiger partial charge in [0, 0.05) is 24.6 Å². The maximum Gasteiger partial charge on any atom is 0.348 e. The molecule has 3 aromatic rings. The summed E-state index contributed by atoms with van der Waals surface area (Å²) >= 11 is 1.21. The zero-order valence-electron chi connectivity index (χ0n) is 16.1. The second kappa shape index (κ2) is 8.15. The Morgan fingerprint density at radius 1 is 1.20 bits per heavy atom. The van der Waals surface area contributed by atoms with Gasteiger partial charge in [0.2, 0.25) is 0 Å². The summed E-state index contributed by atoms with van der Waals surface area (Å²) in [5.74, 6) is -0.881. The number of hydrogen-bond donors (Lipinski definition) is 1. The third-order valence-electron chi connectivity index (χ3n) is 4.79. The van der Waals surface area contributed by atoms with Gasteiger partial charge in [-0.05, 0) is 36.2 Å². The minimum absolute atomic E-state index is 0.210. The Balaban J connectivity index is 1.64. The Bertz CT molecular complexity index is 1160. The molecular weight excluding hydrogens is 407 g/mol. The van der Waals surface area contributed by atoms with Gasteiger partial charge in [-0.25, -0.2) is 13.9 Å². The summed E-state index contributed by atoms with van der Waals surface area (Å²) in [4.78, 5) is 31.4. The van der Waals surface area contributed by atoms with Crippen molar-refractivity contribution in [1.82, 2.24) is 24.2 Å². The maximum atomic E-state index is 13.1. The van der Waals surface area contributed by atoms with Crippen molar-refractivity contribution in [2.75, 3.05) is 0 Å². The first-order valence-corrected chi connectivity index (χ1v) is 10.0. The van der Waals surface area contributed by atoms with Crippen LogP contribution in [0.4, 0.5) is 4.39 Å². The minimum Gasteiger partial charge on any atom is -0.365 e. The molecule has 10 heteroatoms. The molecule has 0 bridgehead atoms. The number of nitrogens with zero attached hydrogens (tertiary/aromatic N) is 5. The number of halogens is 1. The summed E-state index contributed by atoms with van der Waals surface area (Å²) in [5.41, 5.74) is 7.07. The molecule has 0 saturated carbocycles. The molecule has 1 unspecified atom stereocenters. The van der Waals surface area contributed by atoms with E-state index in [-0.39, 0.29) is 18.1 Å². The second-order valence-corrected chi connectivity index (χ2v) is 7.88. The molecule has 1 atom stereocenters. The first-order chi connectivity index (χ1) is 14.4. The number of benzene rings is 1. The lowest BCUT2D eigenvalue weighted by Crippen LogP contribution is -2.33. The number of carbonyl (C=O) groups is 1. The first-order valence-electron chi connectivity index (χ1n) is 9.15. The van der Waals surface area contributed by atoms with Crippen LogP contribution < -0.4 is 11.4 Å². The van der Waals surface area contributed by atoms with E-state index >= 15 is 0 Å². The average Bonchev–Trinajstić information content (AvgIpc) is 3.25. The molecule has 2 N–H and O–H groups in total.